The van der Waals surface area contributed by atoms with Gasteiger partial charge in [-0.2, -0.15) is 10.2 Å². The first-order chi connectivity index (χ1) is 17.3. The van der Waals surface area contributed by atoms with Crippen LogP contribution in [0.3, 0.4) is 0 Å². The molecular formula is C24H17ClN6O5. The number of H-pyrrole nitrogens is 1. The van der Waals surface area contributed by atoms with E-state index in [2.05, 4.69) is 26.0 Å². The molecule has 3 aromatic carbocycles. The zero-order chi connectivity index (χ0) is 25.7. The van der Waals surface area contributed by atoms with Crippen LogP contribution in [-0.4, -0.2) is 33.1 Å². The first kappa shape index (κ1) is 24.2. The lowest BCUT2D eigenvalue weighted by atomic mass is 10.0. The molecule has 1 heterocycles. The average molecular weight is 505 g/mol. The number of amides is 2. The summed E-state index contributed by atoms with van der Waals surface area (Å²) < 4.78 is 0. The summed E-state index contributed by atoms with van der Waals surface area (Å²) in [5.74, 6) is -1.31. The minimum Gasteiger partial charge on any atom is -0.335 e. The van der Waals surface area contributed by atoms with Crippen LogP contribution in [0.15, 0.2) is 82.7 Å². The van der Waals surface area contributed by atoms with Crippen LogP contribution in [0.25, 0.3) is 10.8 Å². The first-order valence-electron chi connectivity index (χ1n) is 10.4. The number of carbonyl (C=O) groups excluding carboxylic acids is 2. The molecule has 0 unspecified atom stereocenters. The highest BCUT2D eigenvalue weighted by atomic mass is 35.5. The van der Waals surface area contributed by atoms with Crippen molar-refractivity contribution in [2.45, 2.75) is 6.04 Å². The molecule has 0 aliphatic carbocycles. The van der Waals surface area contributed by atoms with Gasteiger partial charge in [0.15, 0.2) is 6.04 Å². The van der Waals surface area contributed by atoms with Crippen molar-refractivity contribution >= 4 is 46.1 Å². The Morgan fingerprint density at radius 3 is 2.47 bits per heavy atom. The predicted molar refractivity (Wildman–Crippen MR) is 133 cm³/mol. The van der Waals surface area contributed by atoms with E-state index in [1.807, 2.05) is 0 Å². The van der Waals surface area contributed by atoms with Crippen molar-refractivity contribution in [2.75, 3.05) is 0 Å². The second-order valence-corrected chi connectivity index (χ2v) is 7.87. The van der Waals surface area contributed by atoms with E-state index in [1.54, 1.807) is 54.6 Å². The number of nitrogens with one attached hydrogen (secondary N) is 3. The van der Waals surface area contributed by atoms with E-state index in [1.165, 1.54) is 24.4 Å². The SMILES string of the molecule is O=C(N[C@@H](C(=O)N/N=C\c1ccc(Cl)c([N+](=O)[O-])c1)c1n[nH]c(=O)c2ccccc12)c1ccccc1. The molecule has 180 valence electrons. The number of aromatic nitrogens is 2. The van der Waals surface area contributed by atoms with Gasteiger partial charge >= 0.3 is 0 Å². The zero-order valence-corrected chi connectivity index (χ0v) is 19.1. The number of nitro groups is 1. The largest absolute Gasteiger partial charge is 0.335 e. The van der Waals surface area contributed by atoms with Crippen LogP contribution in [0.5, 0.6) is 0 Å². The summed E-state index contributed by atoms with van der Waals surface area (Å²) >= 11 is 5.81. The zero-order valence-electron chi connectivity index (χ0n) is 18.3. The summed E-state index contributed by atoms with van der Waals surface area (Å²) in [7, 11) is 0. The number of halogens is 1. The van der Waals surface area contributed by atoms with Crippen molar-refractivity contribution in [2.24, 2.45) is 5.10 Å². The Balaban J connectivity index is 1.66. The van der Waals surface area contributed by atoms with Gasteiger partial charge in [-0.3, -0.25) is 24.5 Å². The molecule has 0 aliphatic heterocycles. The third kappa shape index (κ3) is 5.26. The molecule has 1 aromatic heterocycles. The molecule has 0 aliphatic rings. The Morgan fingerprint density at radius 2 is 1.75 bits per heavy atom. The van der Waals surface area contributed by atoms with Crippen LogP contribution in [0.4, 0.5) is 5.69 Å². The van der Waals surface area contributed by atoms with Crippen LogP contribution < -0.4 is 16.3 Å². The third-order valence-electron chi connectivity index (χ3n) is 5.13. The number of nitrogens with zero attached hydrogens (tertiary/aromatic N) is 3. The number of hydrogen-bond acceptors (Lipinski definition) is 7. The van der Waals surface area contributed by atoms with E-state index in [0.29, 0.717) is 16.5 Å². The topological polar surface area (TPSA) is 159 Å². The second-order valence-electron chi connectivity index (χ2n) is 7.46. The number of hydrogen-bond donors (Lipinski definition) is 3. The summed E-state index contributed by atoms with van der Waals surface area (Å²) in [5, 5.41) is 24.5. The molecule has 1 atom stereocenters. The molecule has 2 amide bonds. The minimum atomic E-state index is -1.34. The van der Waals surface area contributed by atoms with Crippen LogP contribution in [0.2, 0.25) is 5.02 Å². The summed E-state index contributed by atoms with van der Waals surface area (Å²) in [4.78, 5) is 48.7. The Kier molecular flexibility index (Phi) is 7.12. The van der Waals surface area contributed by atoms with E-state index >= 15 is 0 Å². The monoisotopic (exact) mass is 504 g/mol. The number of rotatable bonds is 7. The van der Waals surface area contributed by atoms with Gasteiger partial charge in [-0.1, -0.05) is 54.1 Å². The summed E-state index contributed by atoms with van der Waals surface area (Å²) in [6.07, 6.45) is 1.19. The normalized spacial score (nSPS) is 11.8. The molecule has 0 saturated carbocycles. The molecule has 0 spiro atoms. The van der Waals surface area contributed by atoms with E-state index < -0.39 is 28.3 Å². The van der Waals surface area contributed by atoms with Gasteiger partial charge in [-0.15, -0.1) is 0 Å². The quantitative estimate of drug-likeness (QED) is 0.199. The van der Waals surface area contributed by atoms with Gasteiger partial charge in [-0.25, -0.2) is 10.5 Å². The first-order valence-corrected chi connectivity index (χ1v) is 10.8. The highest BCUT2D eigenvalue weighted by molar-refractivity contribution is 6.32. The highest BCUT2D eigenvalue weighted by Crippen LogP contribution is 2.24. The molecule has 0 saturated heterocycles. The Labute approximate surface area is 208 Å². The van der Waals surface area contributed by atoms with Crippen LogP contribution in [0, 0.1) is 10.1 Å². The summed E-state index contributed by atoms with van der Waals surface area (Å²) in [5.41, 5.74) is 2.26. The standard InChI is InChI=1S/C24H17ClN6O5/c25-18-11-10-14(12-19(18)31(35)36)13-26-29-24(34)21(27-22(32)15-6-2-1-3-7-15)20-16-8-4-5-9-17(16)23(33)30-28-20/h1-13,21H,(H,27,32)(H,29,34)(H,30,33)/b26-13-/t21-/m1/s1. The van der Waals surface area contributed by atoms with Crippen LogP contribution in [-0.2, 0) is 4.79 Å². The number of fused-ring (bicyclic) bond motifs is 1. The summed E-state index contributed by atoms with van der Waals surface area (Å²) in [6.45, 7) is 0. The molecule has 0 bridgehead atoms. The molecule has 4 rings (SSSR count). The van der Waals surface area contributed by atoms with Crippen molar-refractivity contribution < 1.29 is 14.5 Å². The highest BCUT2D eigenvalue weighted by Gasteiger charge is 2.27. The number of nitro benzene ring substituents is 1. The van der Waals surface area contributed by atoms with Gasteiger partial charge in [0.05, 0.1) is 16.5 Å². The molecule has 3 N–H and O–H groups in total. The lowest BCUT2D eigenvalue weighted by molar-refractivity contribution is -0.384. The molecule has 11 nitrogen and oxygen atoms in total. The second kappa shape index (κ2) is 10.6. The lowest BCUT2D eigenvalue weighted by Crippen LogP contribution is -2.40. The van der Waals surface area contributed by atoms with Crippen molar-refractivity contribution in [3.05, 3.63) is 115 Å². The van der Waals surface area contributed by atoms with Gasteiger partial charge in [0.1, 0.15) is 10.7 Å². The molecular weight excluding hydrogens is 488 g/mol. The minimum absolute atomic E-state index is 0.0408. The van der Waals surface area contributed by atoms with Crippen molar-refractivity contribution in [1.82, 2.24) is 20.9 Å². The van der Waals surface area contributed by atoms with Gasteiger partial charge in [0.25, 0.3) is 23.1 Å². The maximum absolute atomic E-state index is 13.2. The van der Waals surface area contributed by atoms with Gasteiger partial charge in [-0.05, 0) is 24.3 Å². The molecule has 36 heavy (non-hydrogen) atoms. The Morgan fingerprint density at radius 1 is 1.06 bits per heavy atom. The fourth-order valence-electron chi connectivity index (χ4n) is 3.40. The summed E-state index contributed by atoms with van der Waals surface area (Å²) in [6, 6.07) is 17.4. The third-order valence-corrected chi connectivity index (χ3v) is 5.45. The van der Waals surface area contributed by atoms with Crippen molar-refractivity contribution in [3.63, 3.8) is 0 Å². The Hall–Kier alpha value is -4.90. The van der Waals surface area contributed by atoms with Crippen molar-refractivity contribution in [1.29, 1.82) is 0 Å². The molecule has 0 radical (unpaired) electrons. The van der Waals surface area contributed by atoms with Crippen molar-refractivity contribution in [3.8, 4) is 0 Å². The predicted octanol–water partition coefficient (Wildman–Crippen LogP) is 3.11. The Bertz CT molecular complexity index is 1550. The van der Waals surface area contributed by atoms with Crippen LogP contribution >= 0.6 is 11.6 Å². The average Bonchev–Trinajstić information content (AvgIpc) is 2.89. The number of benzene rings is 3. The number of aromatic amines is 1. The van der Waals surface area contributed by atoms with Gasteiger partial charge in [0.2, 0.25) is 0 Å². The smallest absolute Gasteiger partial charge is 0.288 e. The fourth-order valence-corrected chi connectivity index (χ4v) is 3.59. The number of carbonyl (C=O) groups is 2. The van der Waals surface area contributed by atoms with Gasteiger partial charge in [0, 0.05) is 22.6 Å². The maximum atomic E-state index is 13.2. The molecule has 0 fully saturated rings. The van der Waals surface area contributed by atoms with E-state index in [4.69, 9.17) is 11.6 Å². The van der Waals surface area contributed by atoms with E-state index in [0.717, 1.165) is 0 Å². The van der Waals surface area contributed by atoms with Gasteiger partial charge < -0.3 is 5.32 Å². The molecule has 4 aromatic rings. The lowest BCUT2D eigenvalue weighted by Gasteiger charge is -2.18. The van der Waals surface area contributed by atoms with E-state index in [9.17, 15) is 24.5 Å². The van der Waals surface area contributed by atoms with Crippen LogP contribution in [0.1, 0.15) is 27.7 Å². The number of hydrazone groups is 1. The maximum Gasteiger partial charge on any atom is 0.288 e. The fraction of sp³-hybridized carbons (Fsp3) is 0.0417. The van der Waals surface area contributed by atoms with E-state index in [-0.39, 0.29) is 21.8 Å². The molecule has 12 heteroatoms.